The number of aromatic carboxylic acids is 1. The molecule has 1 aromatic rings. The Balaban J connectivity index is 2.02. The zero-order valence-corrected chi connectivity index (χ0v) is 13.7. The van der Waals surface area contributed by atoms with Crippen molar-refractivity contribution < 1.29 is 19.4 Å². The van der Waals surface area contributed by atoms with Crippen molar-refractivity contribution >= 4 is 18.0 Å². The van der Waals surface area contributed by atoms with Crippen LogP contribution in [0.25, 0.3) is 0 Å². The van der Waals surface area contributed by atoms with Gasteiger partial charge in [-0.15, -0.1) is 0 Å². The van der Waals surface area contributed by atoms with Crippen LogP contribution in [0.5, 0.6) is 0 Å². The van der Waals surface area contributed by atoms with E-state index in [1.54, 1.807) is 4.90 Å². The summed E-state index contributed by atoms with van der Waals surface area (Å²) in [6.07, 6.45) is 1.84. The third-order valence-electron chi connectivity index (χ3n) is 3.29. The van der Waals surface area contributed by atoms with Crippen LogP contribution in [0.3, 0.4) is 0 Å². The van der Waals surface area contributed by atoms with E-state index in [2.05, 4.69) is 9.97 Å². The van der Waals surface area contributed by atoms with Crippen molar-refractivity contribution in [3.63, 3.8) is 0 Å². The first-order valence-electron chi connectivity index (χ1n) is 7.55. The Morgan fingerprint density at radius 1 is 1.22 bits per heavy atom. The Morgan fingerprint density at radius 2 is 1.96 bits per heavy atom. The molecule has 0 atom stereocenters. The van der Waals surface area contributed by atoms with E-state index in [0.29, 0.717) is 32.1 Å². The fraction of sp³-hybridized carbons (Fsp3) is 0.600. The first-order chi connectivity index (χ1) is 10.8. The number of nitrogens with zero attached hydrogens (tertiary/aromatic N) is 4. The number of hydrogen-bond donors (Lipinski definition) is 1. The molecule has 8 heteroatoms. The van der Waals surface area contributed by atoms with Gasteiger partial charge in [-0.1, -0.05) is 0 Å². The lowest BCUT2D eigenvalue weighted by molar-refractivity contribution is 0.0263. The Hall–Kier alpha value is -2.38. The highest BCUT2D eigenvalue weighted by atomic mass is 16.6. The molecule has 1 N–H and O–H groups in total. The minimum atomic E-state index is -1.08. The van der Waals surface area contributed by atoms with Gasteiger partial charge < -0.3 is 19.6 Å². The molecular formula is C15H22N4O4. The predicted molar refractivity (Wildman–Crippen MR) is 83.6 cm³/mol. The molecule has 1 aromatic heterocycles. The summed E-state index contributed by atoms with van der Waals surface area (Å²) in [5, 5.41) is 9.01. The van der Waals surface area contributed by atoms with Gasteiger partial charge in [0.05, 0.1) is 0 Å². The molecular weight excluding hydrogens is 300 g/mol. The van der Waals surface area contributed by atoms with Gasteiger partial charge in [0.1, 0.15) is 5.60 Å². The van der Waals surface area contributed by atoms with Crippen LogP contribution in [-0.2, 0) is 4.74 Å². The van der Waals surface area contributed by atoms with Crippen LogP contribution in [0, 0.1) is 0 Å². The Kier molecular flexibility index (Phi) is 5.02. The van der Waals surface area contributed by atoms with Crippen LogP contribution >= 0.6 is 0 Å². The van der Waals surface area contributed by atoms with E-state index in [1.807, 2.05) is 25.7 Å². The minimum Gasteiger partial charge on any atom is -0.477 e. The number of carbonyl (C=O) groups is 2. The van der Waals surface area contributed by atoms with Crippen LogP contribution in [0.4, 0.5) is 10.7 Å². The molecule has 0 spiro atoms. The van der Waals surface area contributed by atoms with Crippen molar-refractivity contribution in [1.29, 1.82) is 0 Å². The van der Waals surface area contributed by atoms with Gasteiger partial charge in [-0.25, -0.2) is 19.6 Å². The van der Waals surface area contributed by atoms with Gasteiger partial charge >= 0.3 is 12.1 Å². The average Bonchev–Trinajstić information content (AvgIpc) is 2.71. The van der Waals surface area contributed by atoms with Gasteiger partial charge in [-0.2, -0.15) is 0 Å². The summed E-state index contributed by atoms with van der Waals surface area (Å²) < 4.78 is 5.38. The summed E-state index contributed by atoms with van der Waals surface area (Å²) in [5.41, 5.74) is -0.564. The number of amides is 1. The first kappa shape index (κ1) is 17.0. The van der Waals surface area contributed by atoms with Crippen molar-refractivity contribution in [2.75, 3.05) is 31.1 Å². The second-order valence-corrected chi connectivity index (χ2v) is 6.36. The number of anilines is 1. The van der Waals surface area contributed by atoms with Crippen molar-refractivity contribution in [3.05, 3.63) is 18.0 Å². The maximum absolute atomic E-state index is 12.1. The van der Waals surface area contributed by atoms with E-state index in [-0.39, 0.29) is 11.8 Å². The van der Waals surface area contributed by atoms with Crippen LogP contribution in [-0.4, -0.2) is 63.8 Å². The smallest absolute Gasteiger partial charge is 0.410 e. The van der Waals surface area contributed by atoms with Crippen LogP contribution in [0.2, 0.25) is 0 Å². The largest absolute Gasteiger partial charge is 0.477 e. The third-order valence-corrected chi connectivity index (χ3v) is 3.29. The maximum Gasteiger partial charge on any atom is 0.410 e. The minimum absolute atomic E-state index is 0.0387. The number of carbonyl (C=O) groups excluding carboxylic acids is 1. The standard InChI is InChI=1S/C15H22N4O4/c1-15(2,3)23-14(22)19-8-4-7-18(9-10-19)13-16-6-5-11(17-13)12(20)21/h5-6H,4,7-10H2,1-3H3,(H,20,21). The lowest BCUT2D eigenvalue weighted by atomic mass is 10.2. The van der Waals surface area contributed by atoms with Gasteiger partial charge in [0.2, 0.25) is 5.95 Å². The van der Waals surface area contributed by atoms with E-state index in [0.717, 1.165) is 6.42 Å². The zero-order valence-electron chi connectivity index (χ0n) is 13.7. The number of aromatic nitrogens is 2. The van der Waals surface area contributed by atoms with Gasteiger partial charge in [0.25, 0.3) is 0 Å². The van der Waals surface area contributed by atoms with Crippen LogP contribution in [0.15, 0.2) is 12.3 Å². The Bertz CT molecular complexity index is 585. The monoisotopic (exact) mass is 322 g/mol. The molecule has 2 heterocycles. The molecule has 0 aromatic carbocycles. The number of ether oxygens (including phenoxy) is 1. The van der Waals surface area contributed by atoms with Gasteiger partial charge in [0.15, 0.2) is 5.69 Å². The predicted octanol–water partition coefficient (Wildman–Crippen LogP) is 1.62. The number of rotatable bonds is 2. The molecule has 0 aliphatic carbocycles. The summed E-state index contributed by atoms with van der Waals surface area (Å²) in [4.78, 5) is 34.9. The molecule has 2 rings (SSSR count). The molecule has 1 amide bonds. The topological polar surface area (TPSA) is 95.9 Å². The van der Waals surface area contributed by atoms with Crippen LogP contribution in [0.1, 0.15) is 37.7 Å². The molecule has 1 aliphatic heterocycles. The van der Waals surface area contributed by atoms with E-state index in [4.69, 9.17) is 9.84 Å². The summed E-state index contributed by atoms with van der Waals surface area (Å²) >= 11 is 0. The summed E-state index contributed by atoms with van der Waals surface area (Å²) in [6.45, 7) is 7.76. The molecule has 23 heavy (non-hydrogen) atoms. The van der Waals surface area contributed by atoms with E-state index >= 15 is 0 Å². The van der Waals surface area contributed by atoms with Crippen LogP contribution < -0.4 is 4.90 Å². The molecule has 8 nitrogen and oxygen atoms in total. The summed E-state index contributed by atoms with van der Waals surface area (Å²) in [6, 6.07) is 1.36. The summed E-state index contributed by atoms with van der Waals surface area (Å²) in [5.74, 6) is -0.713. The average molecular weight is 322 g/mol. The quantitative estimate of drug-likeness (QED) is 0.883. The molecule has 0 radical (unpaired) electrons. The van der Waals surface area contributed by atoms with E-state index in [9.17, 15) is 9.59 Å². The molecule has 0 unspecified atom stereocenters. The van der Waals surface area contributed by atoms with Crippen molar-refractivity contribution in [3.8, 4) is 0 Å². The second kappa shape index (κ2) is 6.80. The Labute approximate surface area is 135 Å². The molecule has 1 aliphatic rings. The Morgan fingerprint density at radius 3 is 2.61 bits per heavy atom. The molecule has 1 fully saturated rings. The number of hydrogen-bond acceptors (Lipinski definition) is 6. The molecule has 0 saturated carbocycles. The van der Waals surface area contributed by atoms with Crippen molar-refractivity contribution in [1.82, 2.24) is 14.9 Å². The lowest BCUT2D eigenvalue weighted by Crippen LogP contribution is -2.39. The molecule has 126 valence electrons. The molecule has 1 saturated heterocycles. The fourth-order valence-electron chi connectivity index (χ4n) is 2.25. The van der Waals surface area contributed by atoms with Gasteiger partial charge in [-0.05, 0) is 33.3 Å². The first-order valence-corrected chi connectivity index (χ1v) is 7.55. The summed E-state index contributed by atoms with van der Waals surface area (Å²) in [7, 11) is 0. The van der Waals surface area contributed by atoms with Crippen molar-refractivity contribution in [2.24, 2.45) is 0 Å². The zero-order chi connectivity index (χ0) is 17.0. The van der Waals surface area contributed by atoms with E-state index in [1.165, 1.54) is 12.3 Å². The second-order valence-electron chi connectivity index (χ2n) is 6.36. The highest BCUT2D eigenvalue weighted by Gasteiger charge is 2.25. The fourth-order valence-corrected chi connectivity index (χ4v) is 2.25. The normalized spacial score (nSPS) is 16.0. The molecule has 0 bridgehead atoms. The van der Waals surface area contributed by atoms with Gasteiger partial charge in [0, 0.05) is 32.4 Å². The highest BCUT2D eigenvalue weighted by molar-refractivity contribution is 5.85. The van der Waals surface area contributed by atoms with Gasteiger partial charge in [-0.3, -0.25) is 0 Å². The third kappa shape index (κ3) is 4.80. The highest BCUT2D eigenvalue weighted by Crippen LogP contribution is 2.15. The SMILES string of the molecule is CC(C)(C)OC(=O)N1CCCN(c2nccc(C(=O)O)n2)CC1. The number of carboxylic acids is 1. The van der Waals surface area contributed by atoms with Crippen molar-refractivity contribution in [2.45, 2.75) is 32.8 Å². The van der Waals surface area contributed by atoms with E-state index < -0.39 is 11.6 Å². The maximum atomic E-state index is 12.1. The lowest BCUT2D eigenvalue weighted by Gasteiger charge is -2.26. The number of carboxylic acid groups (broad SMARTS) is 1.